The van der Waals surface area contributed by atoms with Gasteiger partial charge in [0.2, 0.25) is 5.91 Å². The average Bonchev–Trinajstić information content (AvgIpc) is 2.47. The van der Waals surface area contributed by atoms with Crippen LogP contribution in [0, 0.1) is 23.6 Å². The van der Waals surface area contributed by atoms with Crippen LogP contribution >= 0.6 is 0 Å². The van der Waals surface area contributed by atoms with E-state index in [9.17, 15) is 9.18 Å². The van der Waals surface area contributed by atoms with Crippen molar-refractivity contribution in [2.24, 2.45) is 11.7 Å². The van der Waals surface area contributed by atoms with Gasteiger partial charge in [-0.05, 0) is 37.1 Å². The van der Waals surface area contributed by atoms with Crippen LogP contribution in [0.3, 0.4) is 0 Å². The van der Waals surface area contributed by atoms with E-state index in [1.165, 1.54) is 12.1 Å². The number of amides is 1. The summed E-state index contributed by atoms with van der Waals surface area (Å²) in [5, 5.41) is 8.78. The van der Waals surface area contributed by atoms with Gasteiger partial charge in [-0.2, -0.15) is 0 Å². The van der Waals surface area contributed by atoms with Gasteiger partial charge < -0.3 is 10.8 Å². The van der Waals surface area contributed by atoms with E-state index in [0.717, 1.165) is 24.9 Å². The zero-order valence-corrected chi connectivity index (χ0v) is 11.8. The fourth-order valence-electron chi connectivity index (χ4n) is 2.61. The highest BCUT2D eigenvalue weighted by Gasteiger charge is 2.24. The second-order valence-corrected chi connectivity index (χ2v) is 5.24. The summed E-state index contributed by atoms with van der Waals surface area (Å²) in [6.07, 6.45) is 1.75. The third-order valence-electron chi connectivity index (χ3n) is 3.68. The first-order valence-corrected chi connectivity index (χ1v) is 7.00. The molecule has 1 amide bonds. The fourth-order valence-corrected chi connectivity index (χ4v) is 2.61. The molecule has 1 fully saturated rings. The first kappa shape index (κ1) is 15.5. The van der Waals surface area contributed by atoms with Crippen LogP contribution in [0.15, 0.2) is 18.2 Å². The summed E-state index contributed by atoms with van der Waals surface area (Å²) in [4.78, 5) is 13.4. The molecule has 0 spiro atoms. The van der Waals surface area contributed by atoms with Gasteiger partial charge in [-0.3, -0.25) is 9.69 Å². The minimum atomic E-state index is -0.352. The molecule has 2 rings (SSSR count). The third kappa shape index (κ3) is 4.28. The third-order valence-corrected chi connectivity index (χ3v) is 3.68. The lowest BCUT2D eigenvalue weighted by Gasteiger charge is -2.31. The Morgan fingerprint density at radius 3 is 3.05 bits per heavy atom. The van der Waals surface area contributed by atoms with Crippen molar-refractivity contribution in [2.75, 3.05) is 19.7 Å². The van der Waals surface area contributed by atoms with Gasteiger partial charge in [0, 0.05) is 18.7 Å². The fraction of sp³-hybridized carbons (Fsp3) is 0.438. The Morgan fingerprint density at radius 1 is 1.52 bits per heavy atom. The van der Waals surface area contributed by atoms with Gasteiger partial charge in [-0.1, -0.05) is 17.9 Å². The molecule has 1 aliphatic rings. The summed E-state index contributed by atoms with van der Waals surface area (Å²) in [5.74, 6) is 4.58. The number of carbonyl (C=O) groups excluding carboxylic acids is 1. The number of likely N-dealkylation sites (tertiary alicyclic amines) is 1. The van der Waals surface area contributed by atoms with Crippen LogP contribution in [-0.4, -0.2) is 35.6 Å². The first-order valence-electron chi connectivity index (χ1n) is 7.00. The average molecular weight is 290 g/mol. The Hall–Kier alpha value is -1.90. The molecule has 0 bridgehead atoms. The van der Waals surface area contributed by atoms with Crippen LogP contribution in [0.5, 0.6) is 0 Å². The molecule has 4 nitrogen and oxygen atoms in total. The van der Waals surface area contributed by atoms with Crippen molar-refractivity contribution < 1.29 is 14.3 Å². The number of hydrogen-bond donors (Lipinski definition) is 2. The molecule has 0 radical (unpaired) electrons. The number of benzene rings is 1. The lowest BCUT2D eigenvalue weighted by molar-refractivity contribution is -0.123. The summed E-state index contributed by atoms with van der Waals surface area (Å²) < 4.78 is 13.3. The zero-order valence-electron chi connectivity index (χ0n) is 11.8. The minimum Gasteiger partial charge on any atom is -0.384 e. The van der Waals surface area contributed by atoms with Crippen molar-refractivity contribution in [1.82, 2.24) is 4.90 Å². The number of halogens is 1. The number of piperidine rings is 1. The Kier molecular flexibility index (Phi) is 5.32. The van der Waals surface area contributed by atoms with Crippen LogP contribution in [0.1, 0.15) is 24.0 Å². The number of carbonyl (C=O) groups is 1. The van der Waals surface area contributed by atoms with Gasteiger partial charge in [-0.15, -0.1) is 0 Å². The molecule has 0 aliphatic carbocycles. The van der Waals surface area contributed by atoms with Crippen molar-refractivity contribution in [1.29, 1.82) is 0 Å². The second kappa shape index (κ2) is 7.21. The highest BCUT2D eigenvalue weighted by atomic mass is 19.1. The lowest BCUT2D eigenvalue weighted by atomic mass is 9.96. The van der Waals surface area contributed by atoms with Crippen molar-refractivity contribution in [2.45, 2.75) is 19.4 Å². The van der Waals surface area contributed by atoms with Crippen LogP contribution in [0.2, 0.25) is 0 Å². The topological polar surface area (TPSA) is 66.6 Å². The van der Waals surface area contributed by atoms with Gasteiger partial charge in [-0.25, -0.2) is 4.39 Å². The van der Waals surface area contributed by atoms with E-state index >= 15 is 0 Å². The number of hydrogen-bond acceptors (Lipinski definition) is 3. The molecule has 1 heterocycles. The maximum absolute atomic E-state index is 13.3. The minimum absolute atomic E-state index is 0.119. The molecular formula is C16H19FN2O2. The van der Waals surface area contributed by atoms with Crippen LogP contribution in [0.4, 0.5) is 4.39 Å². The number of primary amides is 1. The second-order valence-electron chi connectivity index (χ2n) is 5.24. The highest BCUT2D eigenvalue weighted by Crippen LogP contribution is 2.20. The molecule has 5 heteroatoms. The van der Waals surface area contributed by atoms with Gasteiger partial charge >= 0.3 is 0 Å². The van der Waals surface area contributed by atoms with Gasteiger partial charge in [0.05, 0.1) is 5.92 Å². The summed E-state index contributed by atoms with van der Waals surface area (Å²) in [6, 6.07) is 4.47. The molecule has 3 N–H and O–H groups in total. The summed E-state index contributed by atoms with van der Waals surface area (Å²) in [5.41, 5.74) is 6.84. The molecule has 0 aromatic heterocycles. The Labute approximate surface area is 123 Å². The molecule has 21 heavy (non-hydrogen) atoms. The molecule has 1 aromatic rings. The molecule has 0 saturated carbocycles. The lowest BCUT2D eigenvalue weighted by Crippen LogP contribution is -2.40. The number of aliphatic hydroxyl groups excluding tert-OH is 1. The summed E-state index contributed by atoms with van der Waals surface area (Å²) >= 11 is 0. The number of nitrogens with zero attached hydrogens (tertiary/aromatic N) is 1. The van der Waals surface area contributed by atoms with Crippen LogP contribution < -0.4 is 5.73 Å². The maximum atomic E-state index is 13.3. The van der Waals surface area contributed by atoms with E-state index < -0.39 is 0 Å². The van der Waals surface area contributed by atoms with E-state index in [1.807, 2.05) is 0 Å². The normalized spacial score (nSPS) is 18.9. The van der Waals surface area contributed by atoms with E-state index in [4.69, 9.17) is 10.8 Å². The molecule has 1 saturated heterocycles. The Morgan fingerprint density at radius 2 is 2.33 bits per heavy atom. The largest absolute Gasteiger partial charge is 0.384 e. The van der Waals surface area contributed by atoms with E-state index in [0.29, 0.717) is 18.7 Å². The van der Waals surface area contributed by atoms with Gasteiger partial charge in [0.1, 0.15) is 12.4 Å². The predicted octanol–water partition coefficient (Wildman–Crippen LogP) is 0.867. The highest BCUT2D eigenvalue weighted by molar-refractivity contribution is 5.76. The van der Waals surface area contributed by atoms with Gasteiger partial charge in [0.25, 0.3) is 0 Å². The molecule has 1 atom stereocenters. The summed E-state index contributed by atoms with van der Waals surface area (Å²) in [7, 11) is 0. The molecule has 1 aliphatic heterocycles. The smallest absolute Gasteiger partial charge is 0.221 e. The van der Waals surface area contributed by atoms with E-state index in [-0.39, 0.29) is 24.2 Å². The summed E-state index contributed by atoms with van der Waals surface area (Å²) in [6.45, 7) is 1.84. The van der Waals surface area contributed by atoms with Gasteiger partial charge in [0.15, 0.2) is 0 Å². The van der Waals surface area contributed by atoms with Crippen LogP contribution in [-0.2, 0) is 11.3 Å². The van der Waals surface area contributed by atoms with E-state index in [1.54, 1.807) is 6.07 Å². The number of aliphatic hydroxyl groups is 1. The van der Waals surface area contributed by atoms with Crippen molar-refractivity contribution in [3.8, 4) is 11.8 Å². The zero-order chi connectivity index (χ0) is 15.2. The number of rotatable bonds is 3. The monoisotopic (exact) mass is 290 g/mol. The van der Waals surface area contributed by atoms with Crippen molar-refractivity contribution >= 4 is 5.91 Å². The van der Waals surface area contributed by atoms with Crippen molar-refractivity contribution in [3.05, 3.63) is 35.1 Å². The predicted molar refractivity (Wildman–Crippen MR) is 77.6 cm³/mol. The SMILES string of the molecule is NC(=O)C1CCCN(Cc2ccc(F)cc2C#CCO)C1. The van der Waals surface area contributed by atoms with Crippen LogP contribution in [0.25, 0.3) is 0 Å². The molecule has 1 aromatic carbocycles. The quantitative estimate of drug-likeness (QED) is 0.812. The molecule has 112 valence electrons. The maximum Gasteiger partial charge on any atom is 0.221 e. The van der Waals surface area contributed by atoms with Crippen molar-refractivity contribution in [3.63, 3.8) is 0 Å². The Balaban J connectivity index is 2.13. The molecule has 1 unspecified atom stereocenters. The molecular weight excluding hydrogens is 271 g/mol. The number of nitrogens with two attached hydrogens (primary N) is 1. The standard InChI is InChI=1S/C16H19FN2O2/c17-15-6-5-13(12(9-15)4-2-8-20)10-19-7-1-3-14(11-19)16(18)21/h5-6,9,14,20H,1,3,7-8,10-11H2,(H2,18,21). The first-order chi connectivity index (χ1) is 10.1. The Bertz CT molecular complexity index is 577. The van der Waals surface area contributed by atoms with E-state index in [2.05, 4.69) is 16.7 Å².